The van der Waals surface area contributed by atoms with E-state index in [1.165, 1.54) is 4.88 Å². The highest BCUT2D eigenvalue weighted by molar-refractivity contribution is 7.13. The molecule has 2 aromatic heterocycles. The van der Waals surface area contributed by atoms with Crippen molar-refractivity contribution in [3.8, 4) is 0 Å². The average molecular weight is 325 g/mol. The number of fused-ring (bicyclic) bond motifs is 1. The number of benzene rings is 1. The van der Waals surface area contributed by atoms with E-state index in [1.54, 1.807) is 11.3 Å². The van der Waals surface area contributed by atoms with Crippen LogP contribution >= 0.6 is 11.3 Å². The topological polar surface area (TPSA) is 38.1 Å². The van der Waals surface area contributed by atoms with Gasteiger partial charge in [-0.15, -0.1) is 11.3 Å². The Morgan fingerprint density at radius 1 is 1.22 bits per heavy atom. The molecule has 1 aliphatic rings. The number of carbonyl (C=O) groups is 1. The van der Waals surface area contributed by atoms with Crippen molar-refractivity contribution in [1.29, 1.82) is 0 Å². The molecule has 4 nitrogen and oxygen atoms in total. The summed E-state index contributed by atoms with van der Waals surface area (Å²) < 4.78 is 2.29. The maximum Gasteiger partial charge on any atom is 0.263 e. The summed E-state index contributed by atoms with van der Waals surface area (Å²) in [6, 6.07) is 12.5. The molecule has 5 heteroatoms. The molecule has 1 fully saturated rings. The van der Waals surface area contributed by atoms with Crippen LogP contribution in [0.2, 0.25) is 0 Å². The summed E-state index contributed by atoms with van der Waals surface area (Å²) in [5.74, 6) is 1.19. The number of nitrogens with zero attached hydrogens (tertiary/aromatic N) is 3. The minimum absolute atomic E-state index is 0.160. The quantitative estimate of drug-likeness (QED) is 0.719. The summed E-state index contributed by atoms with van der Waals surface area (Å²) in [5.41, 5.74) is 2.19. The molecule has 3 heterocycles. The first kappa shape index (κ1) is 14.5. The van der Waals surface area contributed by atoms with Gasteiger partial charge in [0.2, 0.25) is 0 Å². The van der Waals surface area contributed by atoms with E-state index in [0.717, 1.165) is 41.2 Å². The van der Waals surface area contributed by atoms with Crippen molar-refractivity contribution in [3.05, 3.63) is 52.0 Å². The number of likely N-dealkylation sites (tertiary alicyclic amines) is 1. The fourth-order valence-electron chi connectivity index (χ4n) is 3.47. The summed E-state index contributed by atoms with van der Waals surface area (Å²) in [5, 5.41) is 0. The van der Waals surface area contributed by atoms with Crippen LogP contribution in [0.25, 0.3) is 11.0 Å². The molecule has 1 aliphatic heterocycles. The summed E-state index contributed by atoms with van der Waals surface area (Å²) in [6.07, 6.45) is 0.983. The molecular formula is C18H19N3OS. The van der Waals surface area contributed by atoms with Crippen molar-refractivity contribution in [1.82, 2.24) is 14.5 Å². The zero-order valence-electron chi connectivity index (χ0n) is 13.3. The maximum atomic E-state index is 12.6. The van der Waals surface area contributed by atoms with Gasteiger partial charge < -0.3 is 9.47 Å². The minimum atomic E-state index is 0.160. The van der Waals surface area contributed by atoms with E-state index in [0.29, 0.717) is 6.04 Å². The number of amides is 1. The smallest absolute Gasteiger partial charge is 0.263 e. The SMILES string of the molecule is Cc1ccc(C(=O)N2CC[C@@H](n3c(C)nc4ccccc43)C2)s1. The lowest BCUT2D eigenvalue weighted by Crippen LogP contribution is -2.28. The molecule has 1 saturated heterocycles. The molecule has 0 unspecified atom stereocenters. The van der Waals surface area contributed by atoms with E-state index >= 15 is 0 Å². The molecule has 0 radical (unpaired) electrons. The second-order valence-electron chi connectivity index (χ2n) is 6.12. The van der Waals surface area contributed by atoms with Crippen LogP contribution in [0.3, 0.4) is 0 Å². The van der Waals surface area contributed by atoms with E-state index in [1.807, 2.05) is 49.1 Å². The Bertz CT molecular complexity index is 879. The normalized spacial score (nSPS) is 18.0. The molecule has 0 N–H and O–H groups in total. The summed E-state index contributed by atoms with van der Waals surface area (Å²) in [7, 11) is 0. The van der Waals surface area contributed by atoms with E-state index in [9.17, 15) is 4.79 Å². The van der Waals surface area contributed by atoms with Crippen LogP contribution in [0.1, 0.15) is 32.8 Å². The molecule has 4 rings (SSSR count). The Kier molecular flexibility index (Phi) is 3.45. The van der Waals surface area contributed by atoms with Gasteiger partial charge in [-0.2, -0.15) is 0 Å². The number of para-hydroxylation sites is 2. The summed E-state index contributed by atoms with van der Waals surface area (Å²) in [6.45, 7) is 5.66. The van der Waals surface area contributed by atoms with Gasteiger partial charge in [-0.25, -0.2) is 4.98 Å². The molecule has 0 bridgehead atoms. The molecule has 1 atom stereocenters. The lowest BCUT2D eigenvalue weighted by atomic mass is 10.2. The van der Waals surface area contributed by atoms with Gasteiger partial charge in [0.1, 0.15) is 5.82 Å². The molecule has 1 amide bonds. The van der Waals surface area contributed by atoms with Gasteiger partial charge in [0.15, 0.2) is 0 Å². The van der Waals surface area contributed by atoms with Crippen LogP contribution in [-0.4, -0.2) is 33.4 Å². The standard InChI is InChI=1S/C18H19N3OS/c1-12-7-8-17(23-12)18(22)20-10-9-14(11-20)21-13(2)19-15-5-3-4-6-16(15)21/h3-8,14H,9-11H2,1-2H3/t14-/m1/s1. The first-order valence-corrected chi connectivity index (χ1v) is 8.74. The monoisotopic (exact) mass is 325 g/mol. The predicted molar refractivity (Wildman–Crippen MR) is 93.1 cm³/mol. The Balaban J connectivity index is 1.60. The largest absolute Gasteiger partial charge is 0.336 e. The fourth-order valence-corrected chi connectivity index (χ4v) is 4.30. The second-order valence-corrected chi connectivity index (χ2v) is 7.41. The third-order valence-corrected chi connectivity index (χ3v) is 5.53. The van der Waals surface area contributed by atoms with Crippen molar-refractivity contribution < 1.29 is 4.79 Å². The molecule has 1 aromatic carbocycles. The van der Waals surface area contributed by atoms with Gasteiger partial charge in [0.05, 0.1) is 22.0 Å². The maximum absolute atomic E-state index is 12.6. The molecule has 3 aromatic rings. The number of rotatable bonds is 2. The third-order valence-electron chi connectivity index (χ3n) is 4.54. The van der Waals surface area contributed by atoms with Crippen molar-refractivity contribution >= 4 is 28.3 Å². The van der Waals surface area contributed by atoms with Gasteiger partial charge in [0, 0.05) is 18.0 Å². The first-order valence-electron chi connectivity index (χ1n) is 7.93. The Morgan fingerprint density at radius 3 is 2.83 bits per heavy atom. The van der Waals surface area contributed by atoms with Crippen molar-refractivity contribution in [2.45, 2.75) is 26.3 Å². The summed E-state index contributed by atoms with van der Waals surface area (Å²) in [4.78, 5) is 21.3. The van der Waals surface area contributed by atoms with Crippen molar-refractivity contribution in [2.24, 2.45) is 0 Å². The molecule has 118 valence electrons. The average Bonchev–Trinajstić information content (AvgIpc) is 3.23. The Morgan fingerprint density at radius 2 is 2.04 bits per heavy atom. The number of hydrogen-bond acceptors (Lipinski definition) is 3. The highest BCUT2D eigenvalue weighted by Crippen LogP contribution is 2.29. The summed E-state index contributed by atoms with van der Waals surface area (Å²) >= 11 is 1.58. The minimum Gasteiger partial charge on any atom is -0.336 e. The highest BCUT2D eigenvalue weighted by Gasteiger charge is 2.30. The van der Waals surface area contributed by atoms with E-state index in [2.05, 4.69) is 15.6 Å². The van der Waals surface area contributed by atoms with E-state index < -0.39 is 0 Å². The number of thiophene rings is 1. The van der Waals surface area contributed by atoms with Crippen molar-refractivity contribution in [3.63, 3.8) is 0 Å². The lowest BCUT2D eigenvalue weighted by Gasteiger charge is -2.18. The van der Waals surface area contributed by atoms with Crippen LogP contribution in [0.4, 0.5) is 0 Å². The number of aromatic nitrogens is 2. The van der Waals surface area contributed by atoms with Gasteiger partial charge in [0.25, 0.3) is 5.91 Å². The first-order chi connectivity index (χ1) is 11.1. The number of hydrogen-bond donors (Lipinski definition) is 0. The fraction of sp³-hybridized carbons (Fsp3) is 0.333. The molecule has 23 heavy (non-hydrogen) atoms. The van der Waals surface area contributed by atoms with Crippen LogP contribution < -0.4 is 0 Å². The van der Waals surface area contributed by atoms with Crippen LogP contribution in [0, 0.1) is 13.8 Å². The van der Waals surface area contributed by atoms with E-state index in [-0.39, 0.29) is 5.91 Å². The lowest BCUT2D eigenvalue weighted by molar-refractivity contribution is 0.0792. The van der Waals surface area contributed by atoms with Gasteiger partial charge in [-0.3, -0.25) is 4.79 Å². The molecule has 0 saturated carbocycles. The zero-order valence-corrected chi connectivity index (χ0v) is 14.1. The zero-order chi connectivity index (χ0) is 16.0. The van der Waals surface area contributed by atoms with Crippen LogP contribution in [0.5, 0.6) is 0 Å². The van der Waals surface area contributed by atoms with Gasteiger partial charge >= 0.3 is 0 Å². The molecule has 0 aliphatic carbocycles. The number of imidazole rings is 1. The Labute approximate surface area is 139 Å². The van der Waals surface area contributed by atoms with Gasteiger partial charge in [-0.1, -0.05) is 12.1 Å². The molecular weight excluding hydrogens is 306 g/mol. The highest BCUT2D eigenvalue weighted by atomic mass is 32.1. The van der Waals surface area contributed by atoms with Crippen molar-refractivity contribution in [2.75, 3.05) is 13.1 Å². The van der Waals surface area contributed by atoms with Gasteiger partial charge in [-0.05, 0) is 44.5 Å². The predicted octanol–water partition coefficient (Wildman–Crippen LogP) is 3.80. The number of aryl methyl sites for hydroxylation is 2. The Hall–Kier alpha value is -2.14. The second kappa shape index (κ2) is 5.49. The van der Waals surface area contributed by atoms with E-state index in [4.69, 9.17) is 0 Å². The molecule has 0 spiro atoms. The number of carbonyl (C=O) groups excluding carboxylic acids is 1. The van der Waals surface area contributed by atoms with Crippen LogP contribution in [0.15, 0.2) is 36.4 Å². The third kappa shape index (κ3) is 2.45. The van der Waals surface area contributed by atoms with Crippen LogP contribution in [-0.2, 0) is 0 Å².